The van der Waals surface area contributed by atoms with Crippen LogP contribution in [-0.4, -0.2) is 31.6 Å². The Bertz CT molecular complexity index is 1050. The second-order valence-electron chi connectivity index (χ2n) is 7.07. The van der Waals surface area contributed by atoms with Crippen LogP contribution in [0.2, 0.25) is 0 Å². The molecule has 1 unspecified atom stereocenters. The van der Waals surface area contributed by atoms with E-state index in [2.05, 4.69) is 23.2 Å². The number of nitrogens with zero attached hydrogens (tertiary/aromatic N) is 1. The number of carbonyl (C=O) groups is 2. The van der Waals surface area contributed by atoms with Gasteiger partial charge in [-0.3, -0.25) is 4.79 Å². The molecule has 3 aromatic rings. The lowest BCUT2D eigenvalue weighted by Crippen LogP contribution is -2.37. The summed E-state index contributed by atoms with van der Waals surface area (Å²) in [6, 6.07) is 18.0. The number of benzene rings is 2. The minimum Gasteiger partial charge on any atom is -0.465 e. The number of rotatable bonds is 5. The Hall–Kier alpha value is -3.12. The Morgan fingerprint density at radius 2 is 1.86 bits per heavy atom. The molecule has 0 saturated carbocycles. The van der Waals surface area contributed by atoms with Gasteiger partial charge >= 0.3 is 5.97 Å². The molecule has 0 radical (unpaired) electrons. The monoisotopic (exact) mass is 406 g/mol. The van der Waals surface area contributed by atoms with Crippen LogP contribution < -0.4 is 10.2 Å². The lowest BCUT2D eigenvalue weighted by atomic mass is 10.0. The molecule has 4 rings (SSSR count). The number of amides is 1. The molecule has 1 aromatic heterocycles. The van der Waals surface area contributed by atoms with E-state index in [0.717, 1.165) is 23.2 Å². The fourth-order valence-electron chi connectivity index (χ4n) is 3.78. The summed E-state index contributed by atoms with van der Waals surface area (Å²) in [5.41, 5.74) is 4.42. The second-order valence-corrected chi connectivity index (χ2v) is 7.95. The number of anilines is 2. The Kier molecular flexibility index (Phi) is 5.36. The summed E-state index contributed by atoms with van der Waals surface area (Å²) in [7, 11) is 1.35. The van der Waals surface area contributed by atoms with Crippen molar-refractivity contribution in [2.75, 3.05) is 23.9 Å². The summed E-state index contributed by atoms with van der Waals surface area (Å²) < 4.78 is 4.98. The van der Waals surface area contributed by atoms with Crippen molar-refractivity contribution in [2.45, 2.75) is 19.4 Å². The second kappa shape index (κ2) is 8.09. The number of hydrogen-bond acceptors (Lipinski definition) is 5. The summed E-state index contributed by atoms with van der Waals surface area (Å²) in [6.07, 6.45) is 0.925. The maximum absolute atomic E-state index is 12.8. The predicted octanol–water partition coefficient (Wildman–Crippen LogP) is 4.59. The van der Waals surface area contributed by atoms with Gasteiger partial charge in [-0.25, -0.2) is 4.79 Å². The molecule has 0 fully saturated rings. The van der Waals surface area contributed by atoms with E-state index >= 15 is 0 Å². The lowest BCUT2D eigenvalue weighted by molar-refractivity contribution is -0.115. The molecule has 29 heavy (non-hydrogen) atoms. The Morgan fingerprint density at radius 3 is 2.62 bits per heavy atom. The van der Waals surface area contributed by atoms with Crippen LogP contribution in [0.1, 0.15) is 22.8 Å². The van der Waals surface area contributed by atoms with Gasteiger partial charge in [0.1, 0.15) is 10.6 Å². The van der Waals surface area contributed by atoms with Crippen LogP contribution in [0.5, 0.6) is 0 Å². The molecule has 0 aliphatic carbocycles. The fourth-order valence-corrected chi connectivity index (χ4v) is 4.75. The van der Waals surface area contributed by atoms with Gasteiger partial charge in [0.25, 0.3) is 0 Å². The third kappa shape index (κ3) is 3.76. The predicted molar refractivity (Wildman–Crippen MR) is 117 cm³/mol. The standard InChI is InChI=1S/C23H22N2O3S/c1-15-12-17-10-6-7-11-19(17)25(15)13-20(26)24-22-21(23(27)28-2)18(14-29-22)16-8-4-3-5-9-16/h3-11,14-15H,12-13H2,1-2H3,(H,24,26). The van der Waals surface area contributed by atoms with E-state index in [9.17, 15) is 9.59 Å². The number of fused-ring (bicyclic) bond motifs is 1. The van der Waals surface area contributed by atoms with Gasteiger partial charge in [-0.05, 0) is 30.5 Å². The van der Waals surface area contributed by atoms with Crippen LogP contribution in [0.25, 0.3) is 11.1 Å². The van der Waals surface area contributed by atoms with Gasteiger partial charge in [-0.2, -0.15) is 0 Å². The summed E-state index contributed by atoms with van der Waals surface area (Å²) in [5, 5.41) is 5.33. The van der Waals surface area contributed by atoms with Crippen LogP contribution in [0.4, 0.5) is 10.7 Å². The van der Waals surface area contributed by atoms with Gasteiger partial charge in [0.05, 0.1) is 13.7 Å². The zero-order valence-corrected chi connectivity index (χ0v) is 17.2. The quantitative estimate of drug-likeness (QED) is 0.630. The van der Waals surface area contributed by atoms with E-state index in [0.29, 0.717) is 10.6 Å². The van der Waals surface area contributed by atoms with E-state index in [1.165, 1.54) is 24.0 Å². The van der Waals surface area contributed by atoms with Gasteiger partial charge in [-0.1, -0.05) is 48.5 Å². The number of para-hydroxylation sites is 1. The third-order valence-corrected chi connectivity index (χ3v) is 6.08. The van der Waals surface area contributed by atoms with E-state index in [1.807, 2.05) is 53.9 Å². The first kappa shape index (κ1) is 19.2. The lowest BCUT2D eigenvalue weighted by Gasteiger charge is -2.24. The topological polar surface area (TPSA) is 58.6 Å². The highest BCUT2D eigenvalue weighted by molar-refractivity contribution is 7.15. The van der Waals surface area contributed by atoms with Crippen LogP contribution in [0.3, 0.4) is 0 Å². The molecule has 1 aliphatic heterocycles. The highest BCUT2D eigenvalue weighted by Gasteiger charge is 2.28. The minimum atomic E-state index is -0.458. The summed E-state index contributed by atoms with van der Waals surface area (Å²) in [5.74, 6) is -0.611. The highest BCUT2D eigenvalue weighted by Crippen LogP contribution is 2.36. The molecule has 0 bridgehead atoms. The van der Waals surface area contributed by atoms with Crippen LogP contribution in [0.15, 0.2) is 60.0 Å². The number of thiophene rings is 1. The van der Waals surface area contributed by atoms with Crippen molar-refractivity contribution < 1.29 is 14.3 Å². The molecule has 2 aromatic carbocycles. The average Bonchev–Trinajstić information content (AvgIpc) is 3.29. The SMILES string of the molecule is COC(=O)c1c(-c2ccccc2)csc1NC(=O)CN1c2ccccc2CC1C. The average molecular weight is 407 g/mol. The van der Waals surface area contributed by atoms with Crippen molar-refractivity contribution in [3.8, 4) is 11.1 Å². The van der Waals surface area contributed by atoms with Crippen LogP contribution in [-0.2, 0) is 16.0 Å². The van der Waals surface area contributed by atoms with E-state index in [-0.39, 0.29) is 18.5 Å². The molecule has 6 heteroatoms. The number of esters is 1. The normalized spacial score (nSPS) is 15.1. The number of carbonyl (C=O) groups excluding carboxylic acids is 2. The molecular formula is C23H22N2O3S. The maximum Gasteiger partial charge on any atom is 0.341 e. The highest BCUT2D eigenvalue weighted by atomic mass is 32.1. The number of hydrogen-bond donors (Lipinski definition) is 1. The molecule has 5 nitrogen and oxygen atoms in total. The van der Waals surface area contributed by atoms with Crippen molar-refractivity contribution >= 4 is 33.9 Å². The first-order valence-corrected chi connectivity index (χ1v) is 10.4. The van der Waals surface area contributed by atoms with Gasteiger partial charge in [0.2, 0.25) is 5.91 Å². The molecule has 1 amide bonds. The van der Waals surface area contributed by atoms with Crippen LogP contribution in [0, 0.1) is 0 Å². The van der Waals surface area contributed by atoms with Gasteiger partial charge in [0, 0.05) is 22.7 Å². The smallest absolute Gasteiger partial charge is 0.341 e. The zero-order chi connectivity index (χ0) is 20.4. The first-order chi connectivity index (χ1) is 14.1. The molecular weight excluding hydrogens is 384 g/mol. The fraction of sp³-hybridized carbons (Fsp3) is 0.217. The summed E-state index contributed by atoms with van der Waals surface area (Å²) in [4.78, 5) is 27.4. The molecule has 0 saturated heterocycles. The first-order valence-electron chi connectivity index (χ1n) is 9.48. The Morgan fingerprint density at radius 1 is 1.14 bits per heavy atom. The van der Waals surface area contributed by atoms with Crippen molar-refractivity contribution in [1.82, 2.24) is 0 Å². The Labute approximate surface area is 173 Å². The summed E-state index contributed by atoms with van der Waals surface area (Å²) >= 11 is 1.34. The van der Waals surface area contributed by atoms with E-state index in [4.69, 9.17) is 4.74 Å². The van der Waals surface area contributed by atoms with Crippen LogP contribution >= 0.6 is 11.3 Å². The molecule has 1 aliphatic rings. The molecule has 0 spiro atoms. The minimum absolute atomic E-state index is 0.153. The zero-order valence-electron chi connectivity index (χ0n) is 16.3. The van der Waals surface area contributed by atoms with Gasteiger partial charge in [0.15, 0.2) is 0 Å². The van der Waals surface area contributed by atoms with Gasteiger partial charge in [-0.15, -0.1) is 11.3 Å². The Balaban J connectivity index is 1.57. The van der Waals surface area contributed by atoms with Crippen molar-refractivity contribution in [3.63, 3.8) is 0 Å². The van der Waals surface area contributed by atoms with Crippen molar-refractivity contribution in [1.29, 1.82) is 0 Å². The van der Waals surface area contributed by atoms with E-state index in [1.54, 1.807) is 0 Å². The van der Waals surface area contributed by atoms with E-state index < -0.39 is 5.97 Å². The number of ether oxygens (including phenoxy) is 1. The largest absolute Gasteiger partial charge is 0.465 e. The van der Waals surface area contributed by atoms with Gasteiger partial charge < -0.3 is 15.0 Å². The third-order valence-electron chi connectivity index (χ3n) is 5.18. The molecule has 148 valence electrons. The summed E-state index contributed by atoms with van der Waals surface area (Å²) in [6.45, 7) is 2.35. The number of nitrogens with one attached hydrogen (secondary N) is 1. The van der Waals surface area contributed by atoms with Crippen molar-refractivity contribution in [3.05, 3.63) is 71.1 Å². The molecule has 2 heterocycles. The maximum atomic E-state index is 12.8. The van der Waals surface area contributed by atoms with Crippen molar-refractivity contribution in [2.24, 2.45) is 0 Å². The molecule has 1 N–H and O–H groups in total. The number of methoxy groups -OCH3 is 1. The molecule has 1 atom stereocenters.